The molecule has 7 nitrogen and oxygen atoms in total. The average molecular weight is 406 g/mol. The molecule has 0 aliphatic carbocycles. The normalized spacial score (nSPS) is 18.7. The molecule has 2 aromatic rings. The lowest BCUT2D eigenvalue weighted by Gasteiger charge is -2.23. The van der Waals surface area contributed by atoms with Crippen LogP contribution in [0, 0.1) is 6.92 Å². The minimum Gasteiger partial charge on any atom is -0.507 e. The maximum absolute atomic E-state index is 12.8. The Morgan fingerprint density at radius 3 is 2.61 bits per heavy atom. The summed E-state index contributed by atoms with van der Waals surface area (Å²) in [7, 11) is 2.93. The fourth-order valence-corrected chi connectivity index (χ4v) is 3.38. The molecule has 1 N–H and O–H groups in total. The Labute approximate surface area is 167 Å². The largest absolute Gasteiger partial charge is 0.507 e. The first-order valence-electron chi connectivity index (χ1n) is 8.56. The van der Waals surface area contributed by atoms with Gasteiger partial charge in [0.05, 0.1) is 24.9 Å². The fraction of sp³-hybridized carbons (Fsp3) is 0.300. The number of ether oxygens (including phenoxy) is 2. The summed E-state index contributed by atoms with van der Waals surface area (Å²) in [6, 6.07) is 7.17. The van der Waals surface area contributed by atoms with Gasteiger partial charge in [0.2, 0.25) is 0 Å². The van der Waals surface area contributed by atoms with Crippen LogP contribution in [-0.4, -0.2) is 49.1 Å². The molecule has 1 aliphatic rings. The number of rotatable bonds is 6. The number of amides is 1. The standard InChI is InChI=1S/C20H20ClNO6/c1-11-4-6-15(28-11)17-16(19(24)20(25)22(17)8-9-26-2)18(23)13-10-12(21)5-7-14(13)27-3/h4-7,10,17,23H,8-9H2,1-3H3/b18-16+. The van der Waals surface area contributed by atoms with E-state index in [1.807, 2.05) is 0 Å². The van der Waals surface area contributed by atoms with Crippen LogP contribution in [0.25, 0.3) is 5.76 Å². The lowest BCUT2D eigenvalue weighted by molar-refractivity contribution is -0.140. The van der Waals surface area contributed by atoms with Crippen LogP contribution in [-0.2, 0) is 14.3 Å². The lowest BCUT2D eigenvalue weighted by atomic mass is 9.99. The van der Waals surface area contributed by atoms with E-state index in [0.29, 0.717) is 22.3 Å². The number of furan rings is 1. The molecular weight excluding hydrogens is 386 g/mol. The zero-order valence-electron chi connectivity index (χ0n) is 15.7. The van der Waals surface area contributed by atoms with Gasteiger partial charge in [-0.3, -0.25) is 9.59 Å². The van der Waals surface area contributed by atoms with E-state index >= 15 is 0 Å². The number of likely N-dealkylation sites (tertiary alicyclic amines) is 1. The number of halogens is 1. The zero-order valence-corrected chi connectivity index (χ0v) is 16.4. The summed E-state index contributed by atoms with van der Waals surface area (Å²) in [4.78, 5) is 26.8. The number of aryl methyl sites for hydroxylation is 1. The molecule has 3 rings (SSSR count). The van der Waals surface area contributed by atoms with Crippen LogP contribution in [0.1, 0.15) is 23.1 Å². The summed E-state index contributed by atoms with van der Waals surface area (Å²) >= 11 is 6.06. The van der Waals surface area contributed by atoms with Crippen molar-refractivity contribution in [1.29, 1.82) is 0 Å². The Morgan fingerprint density at radius 2 is 2.00 bits per heavy atom. The highest BCUT2D eigenvalue weighted by Crippen LogP contribution is 2.41. The highest BCUT2D eigenvalue weighted by Gasteiger charge is 2.47. The maximum atomic E-state index is 12.8. The van der Waals surface area contributed by atoms with Crippen molar-refractivity contribution < 1.29 is 28.6 Å². The van der Waals surface area contributed by atoms with E-state index in [1.165, 1.54) is 25.2 Å². The number of ketones is 1. The van der Waals surface area contributed by atoms with E-state index in [0.717, 1.165) is 0 Å². The van der Waals surface area contributed by atoms with Crippen LogP contribution in [0.2, 0.25) is 5.02 Å². The highest BCUT2D eigenvalue weighted by molar-refractivity contribution is 6.46. The van der Waals surface area contributed by atoms with Crippen molar-refractivity contribution in [3.63, 3.8) is 0 Å². The minimum absolute atomic E-state index is 0.0870. The minimum atomic E-state index is -0.882. The molecule has 1 amide bonds. The van der Waals surface area contributed by atoms with Crippen LogP contribution < -0.4 is 4.74 Å². The fourth-order valence-electron chi connectivity index (χ4n) is 3.21. The predicted molar refractivity (Wildman–Crippen MR) is 102 cm³/mol. The molecule has 1 fully saturated rings. The second kappa shape index (κ2) is 8.08. The summed E-state index contributed by atoms with van der Waals surface area (Å²) in [5.74, 6) is -0.618. The van der Waals surface area contributed by atoms with Crippen molar-refractivity contribution in [3.05, 3.63) is 58.0 Å². The predicted octanol–water partition coefficient (Wildman–Crippen LogP) is 3.32. The molecule has 1 aromatic heterocycles. The number of aliphatic hydroxyl groups is 1. The van der Waals surface area contributed by atoms with Crippen LogP contribution in [0.5, 0.6) is 5.75 Å². The van der Waals surface area contributed by atoms with Crippen LogP contribution >= 0.6 is 11.6 Å². The molecule has 148 valence electrons. The summed E-state index contributed by atoms with van der Waals surface area (Å²) in [6.07, 6.45) is 0. The van der Waals surface area contributed by atoms with E-state index < -0.39 is 17.7 Å². The van der Waals surface area contributed by atoms with Crippen molar-refractivity contribution >= 4 is 29.1 Å². The maximum Gasteiger partial charge on any atom is 0.295 e. The van der Waals surface area contributed by atoms with Crippen LogP contribution in [0.3, 0.4) is 0 Å². The van der Waals surface area contributed by atoms with Gasteiger partial charge in [-0.05, 0) is 37.3 Å². The van der Waals surface area contributed by atoms with Gasteiger partial charge in [0.25, 0.3) is 11.7 Å². The lowest BCUT2D eigenvalue weighted by Crippen LogP contribution is -2.32. The second-order valence-corrected chi connectivity index (χ2v) is 6.71. The molecule has 2 heterocycles. The summed E-state index contributed by atoms with van der Waals surface area (Å²) in [6.45, 7) is 2.14. The number of hydrogen-bond acceptors (Lipinski definition) is 6. The summed E-state index contributed by atoms with van der Waals surface area (Å²) < 4.78 is 16.0. The molecule has 1 saturated heterocycles. The van der Waals surface area contributed by atoms with E-state index in [4.69, 9.17) is 25.5 Å². The molecule has 1 unspecified atom stereocenters. The summed E-state index contributed by atoms with van der Waals surface area (Å²) in [5, 5.41) is 11.3. The van der Waals surface area contributed by atoms with Gasteiger partial charge in [-0.15, -0.1) is 0 Å². The van der Waals surface area contributed by atoms with Gasteiger partial charge in [-0.25, -0.2) is 0 Å². The molecule has 0 radical (unpaired) electrons. The molecular formula is C20H20ClNO6. The van der Waals surface area contributed by atoms with Gasteiger partial charge in [0.1, 0.15) is 29.1 Å². The Morgan fingerprint density at radius 1 is 1.25 bits per heavy atom. The monoisotopic (exact) mass is 405 g/mol. The molecule has 0 saturated carbocycles. The number of Topliss-reactive ketones (excluding diaryl/α,β-unsaturated/α-hetero) is 1. The Kier molecular flexibility index (Phi) is 5.76. The van der Waals surface area contributed by atoms with E-state index in [9.17, 15) is 14.7 Å². The average Bonchev–Trinajstić information content (AvgIpc) is 3.21. The van der Waals surface area contributed by atoms with Crippen molar-refractivity contribution in [2.24, 2.45) is 0 Å². The molecule has 0 bridgehead atoms. The molecule has 1 aliphatic heterocycles. The van der Waals surface area contributed by atoms with Gasteiger partial charge < -0.3 is 23.9 Å². The number of carbonyl (C=O) groups excluding carboxylic acids is 2. The summed E-state index contributed by atoms with van der Waals surface area (Å²) in [5.41, 5.74) is 0.129. The van der Waals surface area contributed by atoms with E-state index in [2.05, 4.69) is 0 Å². The van der Waals surface area contributed by atoms with Crippen molar-refractivity contribution in [2.75, 3.05) is 27.4 Å². The number of carbonyl (C=O) groups is 2. The number of methoxy groups -OCH3 is 2. The van der Waals surface area contributed by atoms with Gasteiger partial charge in [-0.2, -0.15) is 0 Å². The third-order valence-electron chi connectivity index (χ3n) is 4.52. The Balaban J connectivity index is 2.21. The van der Waals surface area contributed by atoms with Gasteiger partial charge >= 0.3 is 0 Å². The number of hydrogen-bond donors (Lipinski definition) is 1. The first kappa shape index (κ1) is 20.0. The third kappa shape index (κ3) is 3.50. The molecule has 0 spiro atoms. The third-order valence-corrected chi connectivity index (χ3v) is 4.76. The highest BCUT2D eigenvalue weighted by atomic mass is 35.5. The topological polar surface area (TPSA) is 89.2 Å². The zero-order chi connectivity index (χ0) is 20.4. The molecule has 1 atom stereocenters. The van der Waals surface area contributed by atoms with Gasteiger partial charge in [0.15, 0.2) is 0 Å². The first-order chi connectivity index (χ1) is 13.4. The smallest absolute Gasteiger partial charge is 0.295 e. The van der Waals surface area contributed by atoms with Crippen molar-refractivity contribution in [1.82, 2.24) is 4.90 Å². The SMILES string of the molecule is COCCN1C(=O)C(=O)/C(=C(/O)c2cc(Cl)ccc2OC)C1c1ccc(C)o1. The van der Waals surface area contributed by atoms with Gasteiger partial charge in [0, 0.05) is 18.7 Å². The van der Waals surface area contributed by atoms with Gasteiger partial charge in [-0.1, -0.05) is 11.6 Å². The number of benzene rings is 1. The molecule has 1 aromatic carbocycles. The quantitative estimate of drug-likeness (QED) is 0.450. The number of aliphatic hydroxyl groups excluding tert-OH is 1. The molecule has 28 heavy (non-hydrogen) atoms. The van der Waals surface area contributed by atoms with E-state index in [-0.39, 0.29) is 30.0 Å². The Hall–Kier alpha value is -2.77. The first-order valence-corrected chi connectivity index (χ1v) is 8.94. The van der Waals surface area contributed by atoms with Crippen LogP contribution in [0.4, 0.5) is 0 Å². The second-order valence-electron chi connectivity index (χ2n) is 6.28. The van der Waals surface area contributed by atoms with Crippen LogP contribution in [0.15, 0.2) is 40.3 Å². The molecule has 8 heteroatoms. The Bertz CT molecular complexity index is 948. The van der Waals surface area contributed by atoms with Crippen molar-refractivity contribution in [3.8, 4) is 5.75 Å². The van der Waals surface area contributed by atoms with Crippen molar-refractivity contribution in [2.45, 2.75) is 13.0 Å². The van der Waals surface area contributed by atoms with E-state index in [1.54, 1.807) is 31.2 Å². The number of nitrogens with zero attached hydrogens (tertiary/aromatic N) is 1.